The van der Waals surface area contributed by atoms with E-state index in [4.69, 9.17) is 11.5 Å². The lowest BCUT2D eigenvalue weighted by Gasteiger charge is -2.25. The van der Waals surface area contributed by atoms with Gasteiger partial charge in [-0.3, -0.25) is 9.59 Å². The molecule has 0 atom stereocenters. The second kappa shape index (κ2) is 3.24. The molecule has 5 nitrogen and oxygen atoms in total. The molecule has 0 aliphatic heterocycles. The van der Waals surface area contributed by atoms with Gasteiger partial charge in [0.05, 0.1) is 5.41 Å². The van der Waals surface area contributed by atoms with Crippen molar-refractivity contribution in [1.29, 1.82) is 0 Å². The van der Waals surface area contributed by atoms with Crippen LogP contribution in [0.4, 0.5) is 0 Å². The minimum absolute atomic E-state index is 0.163. The summed E-state index contributed by atoms with van der Waals surface area (Å²) in [5, 5.41) is 2.62. The zero-order valence-corrected chi connectivity index (χ0v) is 8.59. The molecule has 14 heavy (non-hydrogen) atoms. The van der Waals surface area contributed by atoms with Crippen molar-refractivity contribution in [3.63, 3.8) is 0 Å². The third-order valence-corrected chi connectivity index (χ3v) is 2.77. The maximum absolute atomic E-state index is 11.7. The summed E-state index contributed by atoms with van der Waals surface area (Å²) in [7, 11) is 0. The highest BCUT2D eigenvalue weighted by Crippen LogP contribution is 2.44. The van der Waals surface area contributed by atoms with E-state index in [1.807, 2.05) is 0 Å². The lowest BCUT2D eigenvalue weighted by atomic mass is 10.0. The molecule has 5 N–H and O–H groups in total. The van der Waals surface area contributed by atoms with Gasteiger partial charge in [-0.2, -0.15) is 0 Å². The van der Waals surface area contributed by atoms with Crippen molar-refractivity contribution in [3.8, 4) is 0 Å². The molecule has 0 saturated heterocycles. The summed E-state index contributed by atoms with van der Waals surface area (Å²) in [6, 6.07) is 0. The topological polar surface area (TPSA) is 98.2 Å². The Morgan fingerprint density at radius 2 is 1.93 bits per heavy atom. The average Bonchev–Trinajstić information content (AvgIpc) is 2.83. The summed E-state index contributed by atoms with van der Waals surface area (Å²) < 4.78 is 0. The number of amides is 2. The van der Waals surface area contributed by atoms with Crippen molar-refractivity contribution in [1.82, 2.24) is 5.32 Å². The average molecular weight is 199 g/mol. The highest BCUT2D eigenvalue weighted by molar-refractivity contribution is 5.93. The minimum Gasteiger partial charge on any atom is -0.368 e. The molecule has 0 radical (unpaired) electrons. The first-order valence-electron chi connectivity index (χ1n) is 4.67. The first kappa shape index (κ1) is 11.0. The molecule has 1 aliphatic rings. The summed E-state index contributed by atoms with van der Waals surface area (Å²) >= 11 is 0. The SMILES string of the molecule is CC(C)(NC(=O)C1(CN)CC1)C(N)=O. The molecule has 0 spiro atoms. The van der Waals surface area contributed by atoms with E-state index < -0.39 is 16.9 Å². The van der Waals surface area contributed by atoms with Gasteiger partial charge in [-0.1, -0.05) is 0 Å². The van der Waals surface area contributed by atoms with Gasteiger partial charge in [0.2, 0.25) is 11.8 Å². The lowest BCUT2D eigenvalue weighted by Crippen LogP contribution is -2.55. The van der Waals surface area contributed by atoms with Gasteiger partial charge < -0.3 is 16.8 Å². The van der Waals surface area contributed by atoms with Crippen molar-refractivity contribution >= 4 is 11.8 Å². The molecule has 2 amide bonds. The van der Waals surface area contributed by atoms with Crippen molar-refractivity contribution in [2.75, 3.05) is 6.54 Å². The van der Waals surface area contributed by atoms with Crippen LogP contribution >= 0.6 is 0 Å². The van der Waals surface area contributed by atoms with Gasteiger partial charge in [0.1, 0.15) is 5.54 Å². The number of primary amides is 1. The van der Waals surface area contributed by atoms with Crippen LogP contribution in [0.5, 0.6) is 0 Å². The number of hydrogen-bond acceptors (Lipinski definition) is 3. The lowest BCUT2D eigenvalue weighted by molar-refractivity contribution is -0.133. The molecule has 1 saturated carbocycles. The minimum atomic E-state index is -0.998. The predicted octanol–water partition coefficient (Wildman–Crippen LogP) is -0.895. The maximum atomic E-state index is 11.7. The van der Waals surface area contributed by atoms with E-state index in [1.165, 1.54) is 0 Å². The van der Waals surface area contributed by atoms with Crippen LogP contribution in [0.15, 0.2) is 0 Å². The van der Waals surface area contributed by atoms with Gasteiger partial charge in [0, 0.05) is 6.54 Å². The Morgan fingerprint density at radius 3 is 2.21 bits per heavy atom. The summed E-state index contributed by atoms with van der Waals surface area (Å²) in [5.41, 5.74) is 9.19. The quantitative estimate of drug-likeness (QED) is 0.547. The van der Waals surface area contributed by atoms with Crippen LogP contribution in [0.1, 0.15) is 26.7 Å². The van der Waals surface area contributed by atoms with Crippen LogP contribution in [0, 0.1) is 5.41 Å². The van der Waals surface area contributed by atoms with Crippen LogP contribution in [0.3, 0.4) is 0 Å². The monoisotopic (exact) mass is 199 g/mol. The number of carbonyl (C=O) groups is 2. The molecular weight excluding hydrogens is 182 g/mol. The first-order valence-corrected chi connectivity index (χ1v) is 4.67. The Labute approximate surface area is 83.2 Å². The highest BCUT2D eigenvalue weighted by Gasteiger charge is 2.50. The highest BCUT2D eigenvalue weighted by atomic mass is 16.2. The Hall–Kier alpha value is -1.10. The van der Waals surface area contributed by atoms with Gasteiger partial charge in [-0.05, 0) is 26.7 Å². The van der Waals surface area contributed by atoms with Crippen molar-refractivity contribution in [2.24, 2.45) is 16.9 Å². The van der Waals surface area contributed by atoms with Crippen molar-refractivity contribution < 1.29 is 9.59 Å². The van der Waals surface area contributed by atoms with Gasteiger partial charge in [0.25, 0.3) is 0 Å². The molecular formula is C9H17N3O2. The van der Waals surface area contributed by atoms with Gasteiger partial charge in [-0.15, -0.1) is 0 Å². The Balaban J connectivity index is 2.61. The molecule has 1 fully saturated rings. The van der Waals surface area contributed by atoms with Gasteiger partial charge in [0.15, 0.2) is 0 Å². The van der Waals surface area contributed by atoms with Gasteiger partial charge in [-0.25, -0.2) is 0 Å². The van der Waals surface area contributed by atoms with Crippen LogP contribution in [-0.2, 0) is 9.59 Å². The maximum Gasteiger partial charge on any atom is 0.242 e. The fourth-order valence-electron chi connectivity index (χ4n) is 1.15. The molecule has 0 unspecified atom stereocenters. The van der Waals surface area contributed by atoms with Crippen molar-refractivity contribution in [3.05, 3.63) is 0 Å². The fraction of sp³-hybridized carbons (Fsp3) is 0.778. The summed E-state index contributed by atoms with van der Waals surface area (Å²) in [4.78, 5) is 22.6. The zero-order chi connectivity index (χ0) is 11.0. The number of hydrogen-bond donors (Lipinski definition) is 3. The molecule has 1 rings (SSSR count). The Morgan fingerprint density at radius 1 is 1.43 bits per heavy atom. The predicted molar refractivity (Wildman–Crippen MR) is 52.1 cm³/mol. The smallest absolute Gasteiger partial charge is 0.242 e. The summed E-state index contributed by atoms with van der Waals surface area (Å²) in [6.45, 7) is 3.49. The molecule has 0 heterocycles. The number of nitrogens with one attached hydrogen (secondary N) is 1. The second-order valence-electron chi connectivity index (χ2n) is 4.43. The zero-order valence-electron chi connectivity index (χ0n) is 8.59. The van der Waals surface area contributed by atoms with E-state index in [1.54, 1.807) is 13.8 Å². The molecule has 5 heteroatoms. The number of rotatable bonds is 4. The second-order valence-corrected chi connectivity index (χ2v) is 4.43. The third-order valence-electron chi connectivity index (χ3n) is 2.77. The summed E-state index contributed by atoms with van der Waals surface area (Å²) in [5.74, 6) is -0.706. The summed E-state index contributed by atoms with van der Waals surface area (Å²) in [6.07, 6.45) is 1.59. The van der Waals surface area contributed by atoms with E-state index >= 15 is 0 Å². The van der Waals surface area contributed by atoms with E-state index in [0.717, 1.165) is 12.8 Å². The third kappa shape index (κ3) is 1.87. The first-order chi connectivity index (χ1) is 6.34. The molecule has 0 aromatic heterocycles. The van der Waals surface area contributed by atoms with Crippen molar-refractivity contribution in [2.45, 2.75) is 32.2 Å². The molecule has 0 bridgehead atoms. The van der Waals surface area contributed by atoms with E-state index in [-0.39, 0.29) is 5.91 Å². The van der Waals surface area contributed by atoms with E-state index in [2.05, 4.69) is 5.32 Å². The van der Waals surface area contributed by atoms with Crippen LogP contribution in [-0.4, -0.2) is 23.9 Å². The largest absolute Gasteiger partial charge is 0.368 e. The Kier molecular flexibility index (Phi) is 2.54. The van der Waals surface area contributed by atoms with Gasteiger partial charge >= 0.3 is 0 Å². The van der Waals surface area contributed by atoms with Crippen LogP contribution in [0.25, 0.3) is 0 Å². The molecule has 0 aromatic carbocycles. The van der Waals surface area contributed by atoms with E-state index in [9.17, 15) is 9.59 Å². The van der Waals surface area contributed by atoms with E-state index in [0.29, 0.717) is 6.54 Å². The molecule has 1 aliphatic carbocycles. The number of carbonyl (C=O) groups excluding carboxylic acids is 2. The fourth-order valence-corrected chi connectivity index (χ4v) is 1.15. The Bertz CT molecular complexity index is 269. The molecule has 80 valence electrons. The van der Waals surface area contributed by atoms with Crippen LogP contribution in [0.2, 0.25) is 0 Å². The normalized spacial score (nSPS) is 18.8. The standard InChI is InChI=1S/C9H17N3O2/c1-8(2,6(11)13)12-7(14)9(5-10)3-4-9/h3-5,10H2,1-2H3,(H2,11,13)(H,12,14). The number of nitrogens with two attached hydrogens (primary N) is 2. The van der Waals surface area contributed by atoms with Crippen LogP contribution < -0.4 is 16.8 Å². The molecule has 0 aromatic rings.